The van der Waals surface area contributed by atoms with Gasteiger partial charge in [-0.15, -0.1) is 11.3 Å². The minimum absolute atomic E-state index is 0.0273. The van der Waals surface area contributed by atoms with Gasteiger partial charge in [0.25, 0.3) is 5.91 Å². The topological polar surface area (TPSA) is 166 Å². The van der Waals surface area contributed by atoms with Gasteiger partial charge in [-0.25, -0.2) is 4.98 Å². The van der Waals surface area contributed by atoms with Crippen LogP contribution in [0.3, 0.4) is 0 Å². The number of phenolic OH excluding ortho intramolecular Hbond substituents is 1. The van der Waals surface area contributed by atoms with E-state index in [1.807, 2.05) is 80.7 Å². The number of piperidine rings is 1. The lowest BCUT2D eigenvalue weighted by molar-refractivity contribution is -0.160. The summed E-state index contributed by atoms with van der Waals surface area (Å²) >= 11 is 1.38. The van der Waals surface area contributed by atoms with E-state index in [-0.39, 0.29) is 102 Å². The third-order valence-electron chi connectivity index (χ3n) is 12.7. The number of thiazole rings is 1. The molecule has 0 spiro atoms. The lowest BCUT2D eigenvalue weighted by Crippen LogP contribution is -2.50. The van der Waals surface area contributed by atoms with Crippen LogP contribution >= 0.6 is 11.3 Å². The normalized spacial score (nSPS) is 17.7. The van der Waals surface area contributed by atoms with Gasteiger partial charge in [0.2, 0.25) is 5.91 Å². The minimum Gasteiger partial charge on any atom is -0.508 e. The van der Waals surface area contributed by atoms with Gasteiger partial charge in [-0.2, -0.15) is 0 Å². The summed E-state index contributed by atoms with van der Waals surface area (Å²) in [5.74, 6) is -1.65. The molecule has 1 aliphatic heterocycles. The zero-order valence-corrected chi connectivity index (χ0v) is 41.2. The molecule has 1 aromatic carbocycles. The van der Waals surface area contributed by atoms with Crippen LogP contribution in [0.2, 0.25) is 19.1 Å². The molecule has 348 valence electrons. The number of Topliss-reactive ketones (excluding diaryl/α,β-unsaturated/α-hetero) is 2. The predicted octanol–water partition coefficient (Wildman–Crippen LogP) is 8.91. The monoisotopic (exact) mass is 899 g/mol. The Morgan fingerprint density at radius 3 is 2.31 bits per heavy atom. The fourth-order valence-electron chi connectivity index (χ4n) is 8.48. The number of nitrogens with one attached hydrogen (secondary N) is 1. The molecule has 1 fully saturated rings. The summed E-state index contributed by atoms with van der Waals surface area (Å²) in [5, 5.41) is 15.5. The SMILES string of the molecule is CCCC(=O)OCN(C(=O)[C@H](CC(=O)[C@@H]1CCCCN1C)C(C)CC)[C@@H](C[C@H](C)c1nc(C(=O)N[C@H](Cc2ccc(O)cc2)C[C@@H](C)C(=O)CCCC[Si](C)(C)O)cs1)C(C)C. The van der Waals surface area contributed by atoms with Crippen LogP contribution in [-0.2, 0) is 30.3 Å². The Labute approximate surface area is 377 Å². The van der Waals surface area contributed by atoms with Crippen LogP contribution in [0.15, 0.2) is 29.6 Å². The number of benzene rings is 1. The predicted molar refractivity (Wildman–Crippen MR) is 250 cm³/mol. The Morgan fingerprint density at radius 2 is 1.69 bits per heavy atom. The molecule has 2 amide bonds. The van der Waals surface area contributed by atoms with Crippen LogP contribution in [0, 0.1) is 23.7 Å². The minimum atomic E-state index is -2.17. The van der Waals surface area contributed by atoms with Crippen molar-refractivity contribution in [2.24, 2.45) is 23.7 Å². The molecule has 7 atom stereocenters. The number of ketones is 2. The van der Waals surface area contributed by atoms with Crippen molar-refractivity contribution in [2.75, 3.05) is 20.3 Å². The molecule has 1 aliphatic rings. The molecule has 2 aromatic rings. The van der Waals surface area contributed by atoms with Crippen molar-refractivity contribution in [1.82, 2.24) is 20.1 Å². The van der Waals surface area contributed by atoms with Crippen LogP contribution in [0.1, 0.15) is 152 Å². The van der Waals surface area contributed by atoms with E-state index >= 15 is 0 Å². The number of unbranched alkanes of at least 4 members (excludes halogenated alkanes) is 1. The second-order valence-electron chi connectivity index (χ2n) is 19.0. The summed E-state index contributed by atoms with van der Waals surface area (Å²) in [6.45, 7) is 18.4. The van der Waals surface area contributed by atoms with Crippen molar-refractivity contribution in [1.29, 1.82) is 0 Å². The molecule has 3 rings (SSSR count). The molecule has 0 saturated carbocycles. The zero-order chi connectivity index (χ0) is 46.1. The molecule has 0 radical (unpaired) electrons. The maximum Gasteiger partial charge on any atom is 0.307 e. The third-order valence-corrected chi connectivity index (χ3v) is 15.3. The molecule has 1 unspecified atom stereocenters. The number of hydrogen-bond acceptors (Lipinski definition) is 11. The maximum atomic E-state index is 14.8. The molecule has 0 bridgehead atoms. The molecule has 1 aromatic heterocycles. The largest absolute Gasteiger partial charge is 0.508 e. The summed E-state index contributed by atoms with van der Waals surface area (Å²) in [7, 11) is -0.183. The summed E-state index contributed by atoms with van der Waals surface area (Å²) < 4.78 is 5.75. The second-order valence-corrected chi connectivity index (χ2v) is 24.1. The van der Waals surface area contributed by atoms with Crippen LogP contribution < -0.4 is 5.32 Å². The van der Waals surface area contributed by atoms with Gasteiger partial charge < -0.3 is 24.9 Å². The fourth-order valence-corrected chi connectivity index (χ4v) is 10.5. The number of nitrogens with zero attached hydrogens (tertiary/aromatic N) is 3. The van der Waals surface area contributed by atoms with E-state index in [1.165, 1.54) is 11.3 Å². The molecule has 2 heterocycles. The molecular formula is C48H78N4O8SSi. The first-order chi connectivity index (χ1) is 29.2. The van der Waals surface area contributed by atoms with Crippen LogP contribution in [0.5, 0.6) is 5.75 Å². The smallest absolute Gasteiger partial charge is 0.307 e. The van der Waals surface area contributed by atoms with Gasteiger partial charge >= 0.3 is 5.97 Å². The number of carbonyl (C=O) groups is 5. The highest BCUT2D eigenvalue weighted by Crippen LogP contribution is 2.33. The molecule has 12 nitrogen and oxygen atoms in total. The van der Waals surface area contributed by atoms with Gasteiger partial charge in [0.05, 0.1) is 11.0 Å². The number of likely N-dealkylation sites (tertiary alicyclic amines) is 1. The number of amides is 2. The number of carbonyl (C=O) groups excluding carboxylic acids is 5. The molecule has 62 heavy (non-hydrogen) atoms. The van der Waals surface area contributed by atoms with E-state index in [1.54, 1.807) is 22.4 Å². The van der Waals surface area contributed by atoms with E-state index in [9.17, 15) is 33.9 Å². The summed E-state index contributed by atoms with van der Waals surface area (Å²) in [6.07, 6.45) is 7.91. The van der Waals surface area contributed by atoms with Crippen molar-refractivity contribution in [3.8, 4) is 5.75 Å². The lowest BCUT2D eigenvalue weighted by Gasteiger charge is -2.39. The van der Waals surface area contributed by atoms with Crippen molar-refractivity contribution in [3.05, 3.63) is 45.9 Å². The Balaban J connectivity index is 1.82. The molecule has 0 aliphatic carbocycles. The summed E-state index contributed by atoms with van der Waals surface area (Å²) in [4.78, 5) is 87.2. The van der Waals surface area contributed by atoms with Crippen LogP contribution in [-0.4, -0.2) is 101 Å². The van der Waals surface area contributed by atoms with Gasteiger partial charge in [0, 0.05) is 54.5 Å². The highest BCUT2D eigenvalue weighted by atomic mass is 32.1. The molecule has 3 N–H and O–H groups in total. The molecule has 1 saturated heterocycles. The van der Waals surface area contributed by atoms with Crippen molar-refractivity contribution < 1.29 is 38.6 Å². The first-order valence-electron chi connectivity index (χ1n) is 23.2. The van der Waals surface area contributed by atoms with Gasteiger partial charge in [0.15, 0.2) is 20.8 Å². The number of likely N-dealkylation sites (N-methyl/N-ethyl adjacent to an activating group) is 1. The first kappa shape index (κ1) is 52.9. The number of rotatable bonds is 27. The van der Waals surface area contributed by atoms with Crippen molar-refractivity contribution >= 4 is 49.0 Å². The standard InChI is InChI=1S/C48H78N4O8SSi/c1-11-17-45(56)60-31-52(48(58)39(33(5)12-2)29-44(55)41-18-13-15-24-51(41)8)42(32(3)4)27-35(7)47-50-40(30-61-47)46(57)49-37(28-36-20-22-38(53)23-21-36)26-34(6)43(54)19-14-16-25-62(9,10)59/h20-23,30,32-35,37,39,41-42,53,59H,11-19,24-29,31H2,1-10H3,(H,49,57)/t33?,34-,35+,37+,39-,41+,42+/m1/s1. The average Bonchev–Trinajstić information content (AvgIpc) is 3.72. The van der Waals surface area contributed by atoms with E-state index in [0.29, 0.717) is 32.1 Å². The van der Waals surface area contributed by atoms with Gasteiger partial charge in [-0.3, -0.25) is 28.9 Å². The highest BCUT2D eigenvalue weighted by Gasteiger charge is 2.38. The summed E-state index contributed by atoms with van der Waals surface area (Å²) in [5.41, 5.74) is 1.18. The van der Waals surface area contributed by atoms with E-state index in [0.717, 1.165) is 61.7 Å². The number of ether oxygens (including phenoxy) is 1. The van der Waals surface area contributed by atoms with Gasteiger partial charge in [-0.1, -0.05) is 79.9 Å². The van der Waals surface area contributed by atoms with Crippen LogP contribution in [0.25, 0.3) is 0 Å². The van der Waals surface area contributed by atoms with E-state index in [4.69, 9.17) is 9.72 Å². The lowest BCUT2D eigenvalue weighted by atomic mass is 9.82. The average molecular weight is 899 g/mol. The van der Waals surface area contributed by atoms with Gasteiger partial charge in [-0.05, 0) is 107 Å². The number of esters is 1. The second kappa shape index (κ2) is 25.7. The quantitative estimate of drug-likeness (QED) is 0.0341. The number of aromatic nitrogens is 1. The Morgan fingerprint density at radius 1 is 1.00 bits per heavy atom. The Hall–Kier alpha value is -3.46. The van der Waals surface area contributed by atoms with Crippen molar-refractivity contribution in [2.45, 2.75) is 175 Å². The summed E-state index contributed by atoms with van der Waals surface area (Å²) in [6, 6.07) is 6.67. The number of phenols is 1. The van der Waals surface area contributed by atoms with Gasteiger partial charge in [0.1, 0.15) is 17.2 Å². The number of aromatic hydroxyl groups is 1. The van der Waals surface area contributed by atoms with E-state index < -0.39 is 14.2 Å². The molecule has 14 heteroatoms. The zero-order valence-electron chi connectivity index (χ0n) is 39.4. The highest BCUT2D eigenvalue weighted by molar-refractivity contribution is 7.09. The van der Waals surface area contributed by atoms with Crippen molar-refractivity contribution in [3.63, 3.8) is 0 Å². The maximum absolute atomic E-state index is 14.8. The first-order valence-corrected chi connectivity index (χ1v) is 27.3. The fraction of sp³-hybridized carbons (Fsp3) is 0.708. The van der Waals surface area contributed by atoms with Crippen LogP contribution in [0.4, 0.5) is 0 Å². The third kappa shape index (κ3) is 17.3. The number of hydrogen-bond donors (Lipinski definition) is 3. The molecular weight excluding hydrogens is 821 g/mol. The Bertz CT molecular complexity index is 1730. The Kier molecular flexibility index (Phi) is 21.9. The van der Waals surface area contributed by atoms with E-state index in [2.05, 4.69) is 10.2 Å².